The van der Waals surface area contributed by atoms with Gasteiger partial charge in [-0.3, -0.25) is 4.79 Å². The lowest BCUT2D eigenvalue weighted by Gasteiger charge is -2.21. The van der Waals surface area contributed by atoms with Crippen molar-refractivity contribution >= 4 is 23.2 Å². The van der Waals surface area contributed by atoms with Crippen molar-refractivity contribution < 1.29 is 14.6 Å². The van der Waals surface area contributed by atoms with Crippen LogP contribution < -0.4 is 15.4 Å². The van der Waals surface area contributed by atoms with E-state index in [9.17, 15) is 15.2 Å². The number of amides is 1. The molecule has 1 amide bonds. The van der Waals surface area contributed by atoms with E-state index in [0.717, 1.165) is 16.8 Å². The molecule has 0 spiro atoms. The monoisotopic (exact) mass is 474 g/mol. The Kier molecular flexibility index (Phi) is 6.48. The van der Waals surface area contributed by atoms with Crippen LogP contribution in [-0.2, 0) is 10.2 Å². The molecule has 1 atom stereocenters. The molecule has 3 heterocycles. The van der Waals surface area contributed by atoms with Crippen molar-refractivity contribution in [1.29, 1.82) is 5.26 Å². The van der Waals surface area contributed by atoms with Crippen molar-refractivity contribution in [3.8, 4) is 23.2 Å². The number of rotatable bonds is 7. The van der Waals surface area contributed by atoms with Crippen LogP contribution >= 0.6 is 0 Å². The number of fused-ring (bicyclic) bond motifs is 1. The molecule has 0 unspecified atom stereocenters. The average Bonchev–Trinajstić information content (AvgIpc) is 3.20. The number of anilines is 3. The van der Waals surface area contributed by atoms with Crippen molar-refractivity contribution in [3.63, 3.8) is 0 Å². The summed E-state index contributed by atoms with van der Waals surface area (Å²) in [7, 11) is 3.29. The normalized spacial score (nSPS) is 16.1. The van der Waals surface area contributed by atoms with Gasteiger partial charge in [-0.05, 0) is 30.7 Å². The van der Waals surface area contributed by atoms with E-state index in [2.05, 4.69) is 36.6 Å². The van der Waals surface area contributed by atoms with Crippen molar-refractivity contribution in [2.45, 2.75) is 19.3 Å². The predicted octanol–water partition coefficient (Wildman–Crippen LogP) is 2.00. The number of nitrogens with zero attached hydrogens (tertiary/aromatic N) is 6. The Balaban J connectivity index is 1.65. The summed E-state index contributed by atoms with van der Waals surface area (Å²) in [4.78, 5) is 30.7. The van der Waals surface area contributed by atoms with Crippen molar-refractivity contribution in [3.05, 3.63) is 47.5 Å². The van der Waals surface area contributed by atoms with Gasteiger partial charge in [0.15, 0.2) is 6.61 Å². The van der Waals surface area contributed by atoms with E-state index < -0.39 is 5.41 Å². The van der Waals surface area contributed by atoms with Crippen molar-refractivity contribution in [2.24, 2.45) is 0 Å². The maximum absolute atomic E-state index is 11.9. The fraction of sp³-hybridized carbons (Fsp3) is 0.333. The minimum absolute atomic E-state index is 0.0512. The highest BCUT2D eigenvalue weighted by atomic mass is 16.5. The molecule has 11 nitrogen and oxygen atoms in total. The summed E-state index contributed by atoms with van der Waals surface area (Å²) in [6.07, 6.45) is 3.13. The van der Waals surface area contributed by atoms with Crippen LogP contribution in [0.4, 0.5) is 17.3 Å². The maximum Gasteiger partial charge on any atom is 0.260 e. The first-order chi connectivity index (χ1) is 16.7. The number of benzene rings is 1. The number of hydrogen-bond donors (Lipinski definition) is 3. The number of aliphatic hydroxyl groups excluding tert-OH is 1. The van der Waals surface area contributed by atoms with E-state index >= 15 is 0 Å². The Labute approximate surface area is 202 Å². The molecule has 0 radical (unpaired) electrons. The Morgan fingerprint density at radius 1 is 1.34 bits per heavy atom. The maximum atomic E-state index is 11.9. The van der Waals surface area contributed by atoms with Gasteiger partial charge in [0.05, 0.1) is 29.7 Å². The minimum Gasteiger partial charge on any atom is -0.466 e. The molecular formula is C24H26N8O3. The summed E-state index contributed by atoms with van der Waals surface area (Å²) in [6, 6.07) is 7.67. The quantitative estimate of drug-likeness (QED) is 0.464. The Morgan fingerprint density at radius 3 is 2.86 bits per heavy atom. The molecule has 0 bridgehead atoms. The molecule has 1 aliphatic heterocycles. The predicted molar refractivity (Wildman–Crippen MR) is 129 cm³/mol. The van der Waals surface area contributed by atoms with Gasteiger partial charge >= 0.3 is 0 Å². The summed E-state index contributed by atoms with van der Waals surface area (Å²) in [6.45, 7) is 3.98. The highest BCUT2D eigenvalue weighted by Gasteiger charge is 2.36. The second-order valence-corrected chi connectivity index (χ2v) is 8.73. The van der Waals surface area contributed by atoms with Gasteiger partial charge in [-0.25, -0.2) is 15.0 Å². The Hall–Kier alpha value is -4.30. The molecule has 0 aliphatic carbocycles. The average molecular weight is 475 g/mol. The van der Waals surface area contributed by atoms with E-state index in [1.165, 1.54) is 11.1 Å². The number of aromatic nitrogens is 4. The van der Waals surface area contributed by atoms with Crippen LogP contribution in [0.5, 0.6) is 5.88 Å². The summed E-state index contributed by atoms with van der Waals surface area (Å²) in [5.74, 6) is 0.747. The third-order valence-corrected chi connectivity index (χ3v) is 5.82. The third kappa shape index (κ3) is 4.83. The third-order valence-electron chi connectivity index (χ3n) is 5.82. The number of ether oxygens (including phenoxy) is 1. The van der Waals surface area contributed by atoms with Gasteiger partial charge in [-0.2, -0.15) is 10.2 Å². The van der Waals surface area contributed by atoms with Crippen LogP contribution in [0.15, 0.2) is 30.6 Å². The van der Waals surface area contributed by atoms with Gasteiger partial charge in [0.25, 0.3) is 5.91 Å². The van der Waals surface area contributed by atoms with Crippen LogP contribution in [0.2, 0.25) is 0 Å². The number of carbonyl (C=O) groups excluding carboxylic acids is 1. The first-order valence-electron chi connectivity index (χ1n) is 10.9. The van der Waals surface area contributed by atoms with Gasteiger partial charge in [0, 0.05) is 37.8 Å². The van der Waals surface area contributed by atoms with Gasteiger partial charge in [-0.15, -0.1) is 0 Å². The molecule has 3 N–H and O–H groups in total. The van der Waals surface area contributed by atoms with Gasteiger partial charge in [0.1, 0.15) is 17.6 Å². The van der Waals surface area contributed by atoms with E-state index in [-0.39, 0.29) is 30.9 Å². The lowest BCUT2D eigenvalue weighted by atomic mass is 9.83. The molecule has 2 aromatic heterocycles. The van der Waals surface area contributed by atoms with Gasteiger partial charge in [-0.1, -0.05) is 6.92 Å². The van der Waals surface area contributed by atoms with E-state index in [0.29, 0.717) is 29.3 Å². The lowest BCUT2D eigenvalue weighted by molar-refractivity contribution is -0.130. The molecule has 180 valence electrons. The number of aliphatic hydroxyl groups is 1. The smallest absolute Gasteiger partial charge is 0.260 e. The highest BCUT2D eigenvalue weighted by molar-refractivity contribution is 5.78. The second kappa shape index (κ2) is 9.52. The SMILES string of the molecule is Cc1ncc(Nc2nccc(-c3cc(C#N)c4c(c3)[C@@](C)(CO)CN4)n2)c(OCC(=O)N(C)C)n1. The number of carbonyl (C=O) groups is 1. The van der Waals surface area contributed by atoms with Crippen molar-refractivity contribution in [2.75, 3.05) is 44.5 Å². The molecule has 35 heavy (non-hydrogen) atoms. The molecule has 0 saturated heterocycles. The number of nitriles is 1. The highest BCUT2D eigenvalue weighted by Crippen LogP contribution is 2.41. The number of likely N-dealkylation sites (N-methyl/N-ethyl adjacent to an activating group) is 1. The van der Waals surface area contributed by atoms with Crippen LogP contribution in [0, 0.1) is 18.3 Å². The van der Waals surface area contributed by atoms with E-state index in [4.69, 9.17) is 4.74 Å². The van der Waals surface area contributed by atoms with Crippen LogP contribution in [0.1, 0.15) is 23.9 Å². The Morgan fingerprint density at radius 2 is 2.14 bits per heavy atom. The number of hydrogen-bond acceptors (Lipinski definition) is 10. The number of nitrogens with one attached hydrogen (secondary N) is 2. The fourth-order valence-electron chi connectivity index (χ4n) is 3.67. The van der Waals surface area contributed by atoms with E-state index in [1.54, 1.807) is 39.3 Å². The zero-order valence-corrected chi connectivity index (χ0v) is 20.0. The molecule has 4 rings (SSSR count). The van der Waals surface area contributed by atoms with Gasteiger partial charge < -0.3 is 25.4 Å². The zero-order chi connectivity index (χ0) is 25.2. The molecule has 0 fully saturated rings. The standard InChI is InChI=1S/C24H26N8O3/c1-14-27-10-19(22(29-14)35-11-20(34)32(3)4)31-23-26-6-5-18(30-23)15-7-16(9-25)21-17(8-15)24(2,13-33)12-28-21/h5-8,10,28,33H,11-13H2,1-4H3,(H,26,30,31)/t24-/m1/s1. The minimum atomic E-state index is -0.499. The summed E-state index contributed by atoms with van der Waals surface area (Å²) < 4.78 is 5.62. The van der Waals surface area contributed by atoms with Crippen LogP contribution in [0.3, 0.4) is 0 Å². The fourth-order valence-corrected chi connectivity index (χ4v) is 3.67. The first-order valence-corrected chi connectivity index (χ1v) is 10.9. The van der Waals surface area contributed by atoms with Crippen molar-refractivity contribution in [1.82, 2.24) is 24.8 Å². The summed E-state index contributed by atoms with van der Waals surface area (Å²) >= 11 is 0. The van der Waals surface area contributed by atoms with Crippen LogP contribution in [0.25, 0.3) is 11.3 Å². The molecule has 1 aliphatic rings. The van der Waals surface area contributed by atoms with E-state index in [1.807, 2.05) is 13.0 Å². The topological polar surface area (TPSA) is 149 Å². The van der Waals surface area contributed by atoms with Gasteiger partial charge in [0.2, 0.25) is 11.8 Å². The molecule has 3 aromatic rings. The second-order valence-electron chi connectivity index (χ2n) is 8.73. The van der Waals surface area contributed by atoms with Crippen LogP contribution in [-0.4, -0.2) is 69.7 Å². The molecular weight excluding hydrogens is 448 g/mol. The number of aryl methyl sites for hydroxylation is 1. The largest absolute Gasteiger partial charge is 0.466 e. The molecule has 1 aromatic carbocycles. The molecule has 11 heteroatoms. The lowest BCUT2D eigenvalue weighted by Crippen LogP contribution is -2.28. The summed E-state index contributed by atoms with van der Waals surface area (Å²) in [5, 5.41) is 25.9. The molecule has 0 saturated carbocycles. The zero-order valence-electron chi connectivity index (χ0n) is 20.0. The summed E-state index contributed by atoms with van der Waals surface area (Å²) in [5.41, 5.74) is 3.32. The first kappa shape index (κ1) is 23.8. The Bertz CT molecular complexity index is 1320.